The van der Waals surface area contributed by atoms with Crippen molar-refractivity contribution >= 4 is 77.1 Å². The van der Waals surface area contributed by atoms with Crippen molar-refractivity contribution < 1.29 is 23.3 Å². The summed E-state index contributed by atoms with van der Waals surface area (Å²) in [5.41, 5.74) is 10.7. The summed E-state index contributed by atoms with van der Waals surface area (Å²) in [5, 5.41) is 3.24. The molecule has 0 aromatic heterocycles. The molecule has 1 atom stereocenters. The molecule has 0 bridgehead atoms. The summed E-state index contributed by atoms with van der Waals surface area (Å²) in [6, 6.07) is 2.28. The Hall–Kier alpha value is 1.17. The van der Waals surface area contributed by atoms with Crippen molar-refractivity contribution in [1.29, 1.82) is 0 Å². The van der Waals surface area contributed by atoms with Crippen molar-refractivity contribution in [2.75, 3.05) is 0 Å². The van der Waals surface area contributed by atoms with E-state index in [1.54, 1.807) is 23.3 Å². The van der Waals surface area contributed by atoms with E-state index in [0.717, 1.165) is 0 Å². The Labute approximate surface area is 208 Å². The van der Waals surface area contributed by atoms with Crippen LogP contribution in [0.1, 0.15) is 47.1 Å². The van der Waals surface area contributed by atoms with Gasteiger partial charge in [-0.15, -0.1) is 70.6 Å². The molecule has 0 amide bonds. The number of allylic oxidation sites excluding steroid dienone is 1. The molecular weight excluding hydrogens is 556 g/mol. The Bertz CT molecular complexity index is 755. The van der Waals surface area contributed by atoms with Gasteiger partial charge in [0.2, 0.25) is 0 Å². The number of halogens is 3. The van der Waals surface area contributed by atoms with Crippen molar-refractivity contribution in [3.63, 3.8) is 0 Å². The second-order valence-corrected chi connectivity index (χ2v) is 8.85. The molecule has 27 heavy (non-hydrogen) atoms. The average Bonchev–Trinajstić information content (AvgIpc) is 2.92. The Morgan fingerprint density at radius 2 is 1.63 bits per heavy atom. The zero-order chi connectivity index (χ0) is 17.9. The predicted molar refractivity (Wildman–Crippen MR) is 135 cm³/mol. The standard InChI is InChI=1S/C14H12BrS.C4H10N.2CH3.2ClH.H2Si.Zr/c1-7-4-10-6-12-13(8(2)9(3)16-12)14(15)11(10)5-7;1-4(2,3)5;;;;;;/h5-6,9H,1-3H3;5H,1-3H3;2*1H3;2*1H;1H2;/q4*-1;;;;. The van der Waals surface area contributed by atoms with Crippen LogP contribution >= 0.6 is 52.5 Å². The van der Waals surface area contributed by atoms with Crippen LogP contribution in [0.2, 0.25) is 0 Å². The fraction of sp³-hybridized carbons (Fsp3) is 0.400. The van der Waals surface area contributed by atoms with E-state index in [-0.39, 0.29) is 45.2 Å². The topological polar surface area (TPSA) is 23.8 Å². The number of thioether (sulfide) groups is 1. The zero-order valence-corrected chi connectivity index (χ0v) is 25.4. The van der Waals surface area contributed by atoms with Crippen LogP contribution in [0.15, 0.2) is 21.0 Å². The molecule has 1 aromatic carbocycles. The summed E-state index contributed by atoms with van der Waals surface area (Å²) in [4.78, 5) is 1.39. The van der Waals surface area contributed by atoms with Crippen LogP contribution in [0.25, 0.3) is 23.5 Å². The molecule has 1 N–H and O–H groups in total. The SMILES string of the molecule is CC(C)(C)[NH-].CC1=Cc2c(Br)c3c(cc2=[C-]1)SC(C)C=3C.Cl.Cl.[CH3-].[CH3-].[SiH2]=[Zr]. The van der Waals surface area contributed by atoms with E-state index < -0.39 is 0 Å². The normalized spacial score (nSPS) is 15.1. The van der Waals surface area contributed by atoms with E-state index >= 15 is 0 Å². The van der Waals surface area contributed by atoms with Gasteiger partial charge in [0.05, 0.1) is 0 Å². The quantitative estimate of drug-likeness (QED) is 0.276. The predicted octanol–water partition coefficient (Wildman–Crippen LogP) is 5.85. The molecule has 1 heterocycles. The molecule has 156 valence electrons. The van der Waals surface area contributed by atoms with Gasteiger partial charge < -0.3 is 20.6 Å². The molecule has 1 aliphatic carbocycles. The number of hydrogen-bond donors (Lipinski definition) is 0. The Morgan fingerprint density at radius 1 is 1.19 bits per heavy atom. The Balaban J connectivity index is -0.000000214. The maximum atomic E-state index is 6.94. The summed E-state index contributed by atoms with van der Waals surface area (Å²) in [6.07, 6.45) is 5.62. The second-order valence-electron chi connectivity index (χ2n) is 6.67. The summed E-state index contributed by atoms with van der Waals surface area (Å²) in [7, 11) is 0. The number of nitrogens with one attached hydrogen (secondary N) is 1. The van der Waals surface area contributed by atoms with Crippen LogP contribution in [0.4, 0.5) is 0 Å². The molecule has 0 spiro atoms. The Kier molecular flexibility index (Phi) is 19.8. The third-order valence-corrected chi connectivity index (χ3v) is 5.38. The molecule has 1 aromatic rings. The van der Waals surface area contributed by atoms with Gasteiger partial charge in [-0.2, -0.15) is 6.08 Å². The third-order valence-electron chi connectivity index (χ3n) is 3.27. The molecule has 0 saturated heterocycles. The molecule has 1 aliphatic heterocycles. The van der Waals surface area contributed by atoms with Gasteiger partial charge in [-0.1, -0.05) is 49.2 Å². The molecule has 1 nitrogen and oxygen atoms in total. The van der Waals surface area contributed by atoms with Crippen LogP contribution in [-0.4, -0.2) is 17.7 Å². The van der Waals surface area contributed by atoms with Crippen LogP contribution in [0.3, 0.4) is 0 Å². The first-order valence-corrected chi connectivity index (χ1v) is 15.1. The first-order chi connectivity index (χ1) is 10.6. The number of benzene rings is 1. The summed E-state index contributed by atoms with van der Waals surface area (Å²) >= 11 is 7.29. The van der Waals surface area contributed by atoms with Gasteiger partial charge >= 0.3 is 30.2 Å². The zero-order valence-electron chi connectivity index (χ0n) is 17.5. The van der Waals surface area contributed by atoms with Gasteiger partial charge in [0.1, 0.15) is 0 Å². The van der Waals surface area contributed by atoms with Crippen LogP contribution in [0, 0.1) is 14.9 Å². The average molecular weight is 589 g/mol. The van der Waals surface area contributed by atoms with E-state index in [0.29, 0.717) is 5.25 Å². The van der Waals surface area contributed by atoms with Crippen LogP contribution in [-0.2, 0) is 23.3 Å². The molecule has 0 fully saturated rings. The first kappa shape index (κ1) is 35.6. The van der Waals surface area contributed by atoms with Gasteiger partial charge in [0.15, 0.2) is 0 Å². The summed E-state index contributed by atoms with van der Waals surface area (Å²) in [6.45, 7) is 14.1. The van der Waals surface area contributed by atoms with Crippen molar-refractivity contribution in [1.82, 2.24) is 0 Å². The van der Waals surface area contributed by atoms with Crippen LogP contribution in [0.5, 0.6) is 0 Å². The number of fused-ring (bicyclic) bond motifs is 2. The van der Waals surface area contributed by atoms with E-state index in [1.807, 2.05) is 39.4 Å². The van der Waals surface area contributed by atoms with Crippen molar-refractivity contribution in [3.05, 3.63) is 52.7 Å². The molecular formula is C20H32BrCl2NSSiZr-4. The Morgan fingerprint density at radius 3 is 2.07 bits per heavy atom. The maximum absolute atomic E-state index is 6.94. The van der Waals surface area contributed by atoms with Crippen molar-refractivity contribution in [2.24, 2.45) is 0 Å². The van der Waals surface area contributed by atoms with Gasteiger partial charge in [-0.3, -0.25) is 0 Å². The van der Waals surface area contributed by atoms with Gasteiger partial charge in [-0.25, -0.2) is 0 Å². The molecule has 7 heteroatoms. The van der Waals surface area contributed by atoms with Crippen molar-refractivity contribution in [3.8, 4) is 0 Å². The third kappa shape index (κ3) is 10.2. The van der Waals surface area contributed by atoms with Gasteiger partial charge in [0.25, 0.3) is 0 Å². The minimum atomic E-state index is -0.250. The summed E-state index contributed by atoms with van der Waals surface area (Å²) < 4.78 is 1.25. The first-order valence-electron chi connectivity index (χ1n) is 7.50. The van der Waals surface area contributed by atoms with Gasteiger partial charge in [-0.05, 0) is 28.4 Å². The fourth-order valence-electron chi connectivity index (χ4n) is 2.29. The molecule has 0 radical (unpaired) electrons. The molecule has 2 aliphatic rings. The van der Waals surface area contributed by atoms with Crippen LogP contribution < -0.4 is 10.4 Å². The van der Waals surface area contributed by atoms with E-state index in [9.17, 15) is 0 Å². The second kappa shape index (κ2) is 15.0. The monoisotopic (exact) mass is 585 g/mol. The molecule has 1 unspecified atom stereocenters. The van der Waals surface area contributed by atoms with E-state index in [2.05, 4.69) is 54.9 Å². The van der Waals surface area contributed by atoms with Gasteiger partial charge in [0, 0.05) is 5.25 Å². The van der Waals surface area contributed by atoms with E-state index in [1.165, 1.54) is 36.5 Å². The molecule has 3 rings (SSSR count). The minimum absolute atomic E-state index is 0. The molecule has 0 saturated carbocycles. The van der Waals surface area contributed by atoms with Crippen molar-refractivity contribution in [2.45, 2.75) is 57.2 Å². The fourth-order valence-corrected chi connectivity index (χ4v) is 4.52. The number of hydrogen-bond acceptors (Lipinski definition) is 1. The number of rotatable bonds is 0. The summed E-state index contributed by atoms with van der Waals surface area (Å²) in [5.74, 6) is 0. The van der Waals surface area contributed by atoms with E-state index in [4.69, 9.17) is 5.73 Å².